The van der Waals surface area contributed by atoms with Crippen molar-refractivity contribution in [1.29, 1.82) is 10.8 Å². The summed E-state index contributed by atoms with van der Waals surface area (Å²) in [5.41, 5.74) is 12.7. The Balaban J connectivity index is 0.000000617. The first-order valence-electron chi connectivity index (χ1n) is 12.7. The molecule has 0 aromatic heterocycles. The Morgan fingerprint density at radius 3 is 1.72 bits per heavy atom. The van der Waals surface area contributed by atoms with Crippen molar-refractivity contribution >= 4 is 67.5 Å². The van der Waals surface area contributed by atoms with Crippen molar-refractivity contribution < 1.29 is 9.59 Å². The van der Waals surface area contributed by atoms with Crippen LogP contribution in [0.3, 0.4) is 0 Å². The molecule has 11 heteroatoms. The fourth-order valence-electron chi connectivity index (χ4n) is 3.48. The van der Waals surface area contributed by atoms with Crippen LogP contribution in [0.15, 0.2) is 76.7 Å². The van der Waals surface area contributed by atoms with Crippen LogP contribution in [0.5, 0.6) is 0 Å². The zero-order valence-corrected chi connectivity index (χ0v) is 24.1. The van der Waals surface area contributed by atoms with Gasteiger partial charge in [0.05, 0.1) is 10.1 Å². The molecule has 39 heavy (non-hydrogen) atoms. The Bertz CT molecular complexity index is 1160. The maximum Gasteiger partial charge on any atom is 0.251 e. The Kier molecular flexibility index (Phi) is 12.8. The number of amidine groups is 2. The van der Waals surface area contributed by atoms with Gasteiger partial charge in [-0.1, -0.05) is 66.7 Å². The summed E-state index contributed by atoms with van der Waals surface area (Å²) in [6.45, 7) is 0. The molecule has 2 saturated carbocycles. The van der Waals surface area contributed by atoms with Crippen LogP contribution in [-0.4, -0.2) is 43.7 Å². The zero-order valence-electron chi connectivity index (χ0n) is 21.6. The van der Waals surface area contributed by atoms with Crippen LogP contribution < -0.4 is 11.5 Å². The van der Waals surface area contributed by atoms with Crippen LogP contribution >= 0.6 is 35.3 Å². The van der Waals surface area contributed by atoms with Crippen LogP contribution in [0.25, 0.3) is 0 Å². The average molecular weight is 583 g/mol. The summed E-state index contributed by atoms with van der Waals surface area (Å²) in [6.07, 6.45) is 3.58. The first kappa shape index (κ1) is 30.6. The van der Waals surface area contributed by atoms with Gasteiger partial charge in [0.15, 0.2) is 10.3 Å². The standard InChI is InChI=1S/C22H28N6O2S3.C6H6/c23-17(32-21(25)27-19(29)14-6-7-14)8-10-31-11-9-18(24)33-22(26)28-20(30)16-12-15(16)13-4-2-1-3-5-13;1-2-4-6-5-3-1/h1-5,14-16,23-24H,6-12H2,(H2,25,27,29)(H2,26,28,30);1-6H/t15?,16-;/m0./s1. The Hall–Kier alpha value is -2.89. The maximum absolute atomic E-state index is 12.3. The quantitative estimate of drug-likeness (QED) is 0.172. The van der Waals surface area contributed by atoms with E-state index in [9.17, 15) is 9.59 Å². The fourth-order valence-corrected chi connectivity index (χ4v) is 5.82. The molecule has 0 spiro atoms. The summed E-state index contributed by atoms with van der Waals surface area (Å²) in [5.74, 6) is 1.14. The molecule has 6 N–H and O–H groups in total. The van der Waals surface area contributed by atoms with Gasteiger partial charge < -0.3 is 11.5 Å². The fraction of sp³-hybridized carbons (Fsp3) is 0.357. The smallest absolute Gasteiger partial charge is 0.251 e. The highest BCUT2D eigenvalue weighted by Gasteiger charge is 2.43. The number of rotatable bonds is 9. The van der Waals surface area contributed by atoms with Crippen molar-refractivity contribution in [3.63, 3.8) is 0 Å². The molecule has 2 aromatic rings. The van der Waals surface area contributed by atoms with Gasteiger partial charge in [0.2, 0.25) is 0 Å². The molecule has 2 aliphatic rings. The SMILES string of the molecule is N=C(CCSCCC(=N)SC(N)=NC(=O)[C@H]1CC1c1ccccc1)SC(N)=NC(=O)C1CC1.c1ccccc1. The number of nitrogens with one attached hydrogen (secondary N) is 2. The lowest BCUT2D eigenvalue weighted by atomic mass is 10.1. The van der Waals surface area contributed by atoms with Crippen LogP contribution in [0.1, 0.15) is 43.6 Å². The Labute approximate surface area is 242 Å². The third kappa shape index (κ3) is 12.2. The van der Waals surface area contributed by atoms with E-state index < -0.39 is 0 Å². The summed E-state index contributed by atoms with van der Waals surface area (Å²) in [5, 5.41) is 16.9. The van der Waals surface area contributed by atoms with Crippen LogP contribution in [0.2, 0.25) is 0 Å². The van der Waals surface area contributed by atoms with Gasteiger partial charge in [-0.3, -0.25) is 20.4 Å². The molecule has 0 radical (unpaired) electrons. The van der Waals surface area contributed by atoms with Gasteiger partial charge in [-0.05, 0) is 65.8 Å². The number of hydrogen-bond acceptors (Lipinski definition) is 7. The lowest BCUT2D eigenvalue weighted by molar-refractivity contribution is -0.119. The van der Waals surface area contributed by atoms with Crippen molar-refractivity contribution in [3.05, 3.63) is 72.3 Å². The van der Waals surface area contributed by atoms with Crippen molar-refractivity contribution in [2.75, 3.05) is 11.5 Å². The molecule has 0 heterocycles. The maximum atomic E-state index is 12.3. The molecule has 2 aromatic carbocycles. The van der Waals surface area contributed by atoms with Gasteiger partial charge in [0, 0.05) is 24.7 Å². The second-order valence-electron chi connectivity index (χ2n) is 9.03. The molecule has 2 aliphatic carbocycles. The molecule has 1 unspecified atom stereocenters. The van der Waals surface area contributed by atoms with E-state index in [1.165, 1.54) is 0 Å². The first-order chi connectivity index (χ1) is 18.8. The van der Waals surface area contributed by atoms with Crippen LogP contribution in [0, 0.1) is 22.7 Å². The normalized spacial score (nSPS) is 18.5. The lowest BCUT2D eigenvalue weighted by Crippen LogP contribution is -2.14. The van der Waals surface area contributed by atoms with E-state index >= 15 is 0 Å². The molecule has 0 bridgehead atoms. The first-order valence-corrected chi connectivity index (χ1v) is 15.5. The predicted molar refractivity (Wildman–Crippen MR) is 167 cm³/mol. The van der Waals surface area contributed by atoms with Gasteiger partial charge in [-0.2, -0.15) is 21.7 Å². The summed E-state index contributed by atoms with van der Waals surface area (Å²) in [6, 6.07) is 21.9. The zero-order chi connectivity index (χ0) is 28.0. The molecule has 2 atom stereocenters. The van der Waals surface area contributed by atoms with Crippen LogP contribution in [0.4, 0.5) is 0 Å². The number of carbonyl (C=O) groups is 2. The third-order valence-corrected chi connectivity index (χ3v) is 8.26. The highest BCUT2D eigenvalue weighted by molar-refractivity contribution is 8.26. The molecule has 4 rings (SSSR count). The molecule has 0 aliphatic heterocycles. The van der Waals surface area contributed by atoms with Gasteiger partial charge in [-0.25, -0.2) is 0 Å². The van der Waals surface area contributed by atoms with E-state index in [-0.39, 0.29) is 39.9 Å². The van der Waals surface area contributed by atoms with Gasteiger partial charge in [-0.15, -0.1) is 0 Å². The van der Waals surface area contributed by atoms with E-state index in [0.29, 0.717) is 34.4 Å². The Morgan fingerprint density at radius 1 is 0.769 bits per heavy atom. The molecule has 2 fully saturated rings. The number of aliphatic imine (C=N–C) groups is 2. The summed E-state index contributed by atoms with van der Waals surface area (Å²) in [4.78, 5) is 31.7. The minimum Gasteiger partial charge on any atom is -0.378 e. The monoisotopic (exact) mass is 582 g/mol. The molecular weight excluding hydrogens is 549 g/mol. The van der Waals surface area contributed by atoms with Crippen molar-refractivity contribution in [2.45, 2.75) is 38.0 Å². The minimum atomic E-state index is -0.214. The predicted octanol–water partition coefficient (Wildman–Crippen LogP) is 5.50. The molecule has 0 saturated heterocycles. The number of nitrogens with two attached hydrogens (primary N) is 2. The summed E-state index contributed by atoms with van der Waals surface area (Å²) >= 11 is 3.66. The average Bonchev–Trinajstić information content (AvgIpc) is 3.83. The van der Waals surface area contributed by atoms with Crippen molar-refractivity contribution in [3.8, 4) is 0 Å². The van der Waals surface area contributed by atoms with E-state index in [4.69, 9.17) is 22.3 Å². The van der Waals surface area contributed by atoms with Gasteiger partial charge >= 0.3 is 0 Å². The van der Waals surface area contributed by atoms with Crippen molar-refractivity contribution in [2.24, 2.45) is 33.3 Å². The molecule has 206 valence electrons. The third-order valence-electron chi connectivity index (χ3n) is 5.77. The van der Waals surface area contributed by atoms with E-state index in [1.807, 2.05) is 66.7 Å². The summed E-state index contributed by atoms with van der Waals surface area (Å²) in [7, 11) is 0. The molecule has 8 nitrogen and oxygen atoms in total. The van der Waals surface area contributed by atoms with Crippen LogP contribution in [-0.2, 0) is 9.59 Å². The Morgan fingerprint density at radius 2 is 1.23 bits per heavy atom. The van der Waals surface area contributed by atoms with Crippen molar-refractivity contribution in [1.82, 2.24) is 0 Å². The topological polar surface area (TPSA) is 159 Å². The highest BCUT2D eigenvalue weighted by atomic mass is 32.2. The number of nitrogens with zero attached hydrogens (tertiary/aromatic N) is 2. The van der Waals surface area contributed by atoms with E-state index in [2.05, 4.69) is 9.98 Å². The molecule has 2 amide bonds. The second kappa shape index (κ2) is 16.3. The molecular formula is C28H34N6O2S3. The number of hydrogen-bond donors (Lipinski definition) is 4. The van der Waals surface area contributed by atoms with E-state index in [1.54, 1.807) is 11.8 Å². The number of amides is 2. The second-order valence-corrected chi connectivity index (χ2v) is 12.5. The largest absolute Gasteiger partial charge is 0.378 e. The number of carbonyl (C=O) groups excluding carboxylic acids is 2. The number of benzene rings is 2. The van der Waals surface area contributed by atoms with Gasteiger partial charge in [0.1, 0.15) is 0 Å². The summed E-state index contributed by atoms with van der Waals surface area (Å²) < 4.78 is 0. The van der Waals surface area contributed by atoms with E-state index in [0.717, 1.165) is 48.3 Å². The highest BCUT2D eigenvalue weighted by Crippen LogP contribution is 2.48. The number of thioether (sulfide) groups is 3. The lowest BCUT2D eigenvalue weighted by Gasteiger charge is -2.05. The minimum absolute atomic E-state index is 0.0270. The van der Waals surface area contributed by atoms with Gasteiger partial charge in [0.25, 0.3) is 11.8 Å².